The first-order valence-electron chi connectivity index (χ1n) is 4.48. The maximum atomic E-state index is 12.9. The molecule has 0 aliphatic carbocycles. The van der Waals surface area contributed by atoms with Gasteiger partial charge in [0.1, 0.15) is 12.2 Å². The zero-order chi connectivity index (χ0) is 12.3. The average molecular weight is 232 g/mol. The SMILES string of the molecule is CC(=O)CCC(C)C(F)(F)CC(F)(F)F. The predicted molar refractivity (Wildman–Crippen MR) is 44.7 cm³/mol. The van der Waals surface area contributed by atoms with E-state index in [4.69, 9.17) is 0 Å². The number of hydrogen-bond acceptors (Lipinski definition) is 1. The van der Waals surface area contributed by atoms with Crippen LogP contribution in [0, 0.1) is 5.92 Å². The van der Waals surface area contributed by atoms with Crippen molar-refractivity contribution in [2.45, 2.75) is 45.2 Å². The second-order valence-electron chi connectivity index (χ2n) is 3.69. The number of alkyl halides is 5. The van der Waals surface area contributed by atoms with Crippen LogP contribution >= 0.6 is 0 Å². The van der Waals surface area contributed by atoms with Gasteiger partial charge >= 0.3 is 6.18 Å². The van der Waals surface area contributed by atoms with E-state index in [0.717, 1.165) is 6.92 Å². The first-order chi connectivity index (χ1) is 6.54. The Hall–Kier alpha value is -0.680. The molecule has 1 unspecified atom stereocenters. The Kier molecular flexibility index (Phi) is 4.67. The van der Waals surface area contributed by atoms with E-state index in [2.05, 4.69) is 0 Å². The van der Waals surface area contributed by atoms with Crippen LogP contribution in [-0.4, -0.2) is 17.9 Å². The fraction of sp³-hybridized carbons (Fsp3) is 0.889. The standard InChI is InChI=1S/C9H13F5O/c1-6(3-4-7(2)15)8(10,11)5-9(12,13)14/h6H,3-5H2,1-2H3. The highest BCUT2D eigenvalue weighted by atomic mass is 19.4. The van der Waals surface area contributed by atoms with Crippen LogP contribution in [0.2, 0.25) is 0 Å². The van der Waals surface area contributed by atoms with Crippen molar-refractivity contribution in [2.75, 3.05) is 0 Å². The van der Waals surface area contributed by atoms with E-state index in [0.29, 0.717) is 0 Å². The minimum Gasteiger partial charge on any atom is -0.300 e. The number of ketones is 1. The zero-order valence-electron chi connectivity index (χ0n) is 8.50. The molecule has 0 aromatic heterocycles. The summed E-state index contributed by atoms with van der Waals surface area (Å²) in [6, 6.07) is 0. The molecule has 0 rings (SSSR count). The van der Waals surface area contributed by atoms with Gasteiger partial charge in [0.05, 0.1) is 0 Å². The number of rotatable bonds is 5. The summed E-state index contributed by atoms with van der Waals surface area (Å²) in [5, 5.41) is 0. The van der Waals surface area contributed by atoms with Gasteiger partial charge in [-0.25, -0.2) is 8.78 Å². The molecule has 0 aliphatic heterocycles. The molecule has 0 spiro atoms. The lowest BCUT2D eigenvalue weighted by Gasteiger charge is -2.24. The van der Waals surface area contributed by atoms with E-state index in [1.54, 1.807) is 0 Å². The van der Waals surface area contributed by atoms with Gasteiger partial charge in [-0.3, -0.25) is 0 Å². The summed E-state index contributed by atoms with van der Waals surface area (Å²) in [6.45, 7) is 2.24. The van der Waals surface area contributed by atoms with Crippen LogP contribution in [0.15, 0.2) is 0 Å². The maximum Gasteiger partial charge on any atom is 0.394 e. The molecule has 0 aromatic carbocycles. The summed E-state index contributed by atoms with van der Waals surface area (Å²) in [5.41, 5.74) is 0. The van der Waals surface area contributed by atoms with Crippen molar-refractivity contribution in [2.24, 2.45) is 5.92 Å². The van der Waals surface area contributed by atoms with Gasteiger partial charge in [-0.05, 0) is 13.3 Å². The smallest absolute Gasteiger partial charge is 0.300 e. The second-order valence-corrected chi connectivity index (χ2v) is 3.69. The Morgan fingerprint density at radius 2 is 1.67 bits per heavy atom. The maximum absolute atomic E-state index is 12.9. The summed E-state index contributed by atoms with van der Waals surface area (Å²) in [7, 11) is 0. The summed E-state index contributed by atoms with van der Waals surface area (Å²) >= 11 is 0. The number of carbonyl (C=O) groups is 1. The minimum atomic E-state index is -4.88. The Bertz CT molecular complexity index is 221. The van der Waals surface area contributed by atoms with Gasteiger partial charge < -0.3 is 4.79 Å². The van der Waals surface area contributed by atoms with Crippen LogP contribution in [0.25, 0.3) is 0 Å². The molecular formula is C9H13F5O. The first-order valence-corrected chi connectivity index (χ1v) is 4.48. The van der Waals surface area contributed by atoms with Gasteiger partial charge in [-0.2, -0.15) is 13.2 Å². The highest BCUT2D eigenvalue weighted by molar-refractivity contribution is 5.75. The molecule has 0 amide bonds. The summed E-state index contributed by atoms with van der Waals surface area (Å²) in [6.07, 6.45) is -7.35. The second kappa shape index (κ2) is 4.90. The molecule has 0 saturated carbocycles. The quantitative estimate of drug-likeness (QED) is 0.662. The number of halogens is 5. The highest BCUT2D eigenvalue weighted by Gasteiger charge is 2.46. The van der Waals surface area contributed by atoms with Crippen molar-refractivity contribution in [3.05, 3.63) is 0 Å². The number of hydrogen-bond donors (Lipinski definition) is 0. The first kappa shape index (κ1) is 14.3. The lowest BCUT2D eigenvalue weighted by molar-refractivity contribution is -0.201. The van der Waals surface area contributed by atoms with Crippen LogP contribution in [0.4, 0.5) is 22.0 Å². The van der Waals surface area contributed by atoms with Gasteiger partial charge in [0.25, 0.3) is 5.92 Å². The van der Waals surface area contributed by atoms with Crippen molar-refractivity contribution in [3.63, 3.8) is 0 Å². The van der Waals surface area contributed by atoms with Crippen molar-refractivity contribution in [1.82, 2.24) is 0 Å². The summed E-state index contributed by atoms with van der Waals surface area (Å²) in [5.74, 6) is -5.54. The lowest BCUT2D eigenvalue weighted by Crippen LogP contribution is -2.32. The normalized spacial score (nSPS) is 15.1. The van der Waals surface area contributed by atoms with E-state index in [-0.39, 0.29) is 18.6 Å². The number of carbonyl (C=O) groups excluding carboxylic acids is 1. The number of Topliss-reactive ketones (excluding diaryl/α,β-unsaturated/α-hetero) is 1. The topological polar surface area (TPSA) is 17.1 Å². The van der Waals surface area contributed by atoms with Crippen LogP contribution in [0.3, 0.4) is 0 Å². The van der Waals surface area contributed by atoms with E-state index < -0.39 is 24.4 Å². The largest absolute Gasteiger partial charge is 0.394 e. The third-order valence-electron chi connectivity index (χ3n) is 2.09. The van der Waals surface area contributed by atoms with Crippen molar-refractivity contribution in [1.29, 1.82) is 0 Å². The molecule has 0 aromatic rings. The van der Waals surface area contributed by atoms with E-state index in [1.807, 2.05) is 0 Å². The van der Waals surface area contributed by atoms with E-state index in [1.165, 1.54) is 6.92 Å². The molecule has 90 valence electrons. The van der Waals surface area contributed by atoms with E-state index in [9.17, 15) is 26.7 Å². The van der Waals surface area contributed by atoms with Crippen molar-refractivity contribution in [3.8, 4) is 0 Å². The molecule has 0 radical (unpaired) electrons. The molecule has 15 heavy (non-hydrogen) atoms. The van der Waals surface area contributed by atoms with Gasteiger partial charge in [0.2, 0.25) is 0 Å². The van der Waals surface area contributed by atoms with Gasteiger partial charge in [-0.1, -0.05) is 6.92 Å². The van der Waals surface area contributed by atoms with E-state index >= 15 is 0 Å². The Balaban J connectivity index is 4.25. The molecule has 1 nitrogen and oxygen atoms in total. The Labute approximate surface area is 84.6 Å². The van der Waals surface area contributed by atoms with Crippen molar-refractivity contribution < 1.29 is 26.7 Å². The van der Waals surface area contributed by atoms with Crippen LogP contribution in [0.1, 0.15) is 33.1 Å². The molecule has 0 aliphatic rings. The molecule has 6 heteroatoms. The van der Waals surface area contributed by atoms with Crippen LogP contribution in [0.5, 0.6) is 0 Å². The Morgan fingerprint density at radius 3 is 2.00 bits per heavy atom. The summed E-state index contributed by atoms with van der Waals surface area (Å²) in [4.78, 5) is 10.5. The highest BCUT2D eigenvalue weighted by Crippen LogP contribution is 2.38. The molecule has 1 atom stereocenters. The predicted octanol–water partition coefficient (Wildman–Crippen LogP) is 3.58. The molecule has 0 heterocycles. The third kappa shape index (κ3) is 6.41. The summed E-state index contributed by atoms with van der Waals surface area (Å²) < 4.78 is 61.2. The average Bonchev–Trinajstić information content (AvgIpc) is 1.94. The third-order valence-corrected chi connectivity index (χ3v) is 2.09. The molecule has 0 bridgehead atoms. The van der Waals surface area contributed by atoms with Crippen LogP contribution < -0.4 is 0 Å². The molecule has 0 N–H and O–H groups in total. The molecular weight excluding hydrogens is 219 g/mol. The van der Waals surface area contributed by atoms with Crippen molar-refractivity contribution >= 4 is 5.78 Å². The Morgan fingerprint density at radius 1 is 1.20 bits per heavy atom. The van der Waals surface area contributed by atoms with Gasteiger partial charge in [0.15, 0.2) is 0 Å². The zero-order valence-corrected chi connectivity index (χ0v) is 8.50. The fourth-order valence-electron chi connectivity index (χ4n) is 1.07. The minimum absolute atomic E-state index is 0.116. The lowest BCUT2D eigenvalue weighted by atomic mass is 9.94. The van der Waals surface area contributed by atoms with Crippen LogP contribution in [-0.2, 0) is 4.79 Å². The molecule has 0 fully saturated rings. The monoisotopic (exact) mass is 232 g/mol. The molecule has 0 saturated heterocycles. The van der Waals surface area contributed by atoms with Gasteiger partial charge in [-0.15, -0.1) is 0 Å². The fourth-order valence-corrected chi connectivity index (χ4v) is 1.07. The van der Waals surface area contributed by atoms with Gasteiger partial charge in [0, 0.05) is 12.3 Å².